The minimum Gasteiger partial charge on any atom is -0.494 e. The predicted octanol–water partition coefficient (Wildman–Crippen LogP) is 3.66. The lowest BCUT2D eigenvalue weighted by Crippen LogP contribution is -2.36. The first-order valence-corrected chi connectivity index (χ1v) is 11.8. The molecular weight excluding hydrogens is 468 g/mol. The minimum absolute atomic E-state index is 0.0307. The number of hydrazone groups is 1. The van der Waals surface area contributed by atoms with Crippen molar-refractivity contribution in [3.05, 3.63) is 109 Å². The van der Waals surface area contributed by atoms with Crippen LogP contribution in [0.3, 0.4) is 0 Å². The van der Waals surface area contributed by atoms with E-state index in [0.29, 0.717) is 16.5 Å². The Kier molecular flexibility index (Phi) is 5.02. The van der Waals surface area contributed by atoms with Gasteiger partial charge in [-0.3, -0.25) is 19.0 Å². The number of amides is 2. The van der Waals surface area contributed by atoms with Gasteiger partial charge in [0.25, 0.3) is 17.4 Å². The smallest absolute Gasteiger partial charge is 0.282 e. The van der Waals surface area contributed by atoms with Crippen LogP contribution in [-0.4, -0.2) is 32.7 Å². The Morgan fingerprint density at radius 1 is 0.946 bits per heavy atom. The molecule has 0 saturated carbocycles. The molecule has 1 aliphatic heterocycles. The molecule has 180 valence electrons. The number of imide groups is 1. The van der Waals surface area contributed by atoms with Crippen molar-refractivity contribution in [3.63, 3.8) is 0 Å². The van der Waals surface area contributed by atoms with Crippen LogP contribution in [-0.2, 0) is 19.4 Å². The highest BCUT2D eigenvalue weighted by Crippen LogP contribution is 2.38. The van der Waals surface area contributed by atoms with Crippen LogP contribution in [0, 0.1) is 18.3 Å². The predicted molar refractivity (Wildman–Crippen MR) is 137 cm³/mol. The van der Waals surface area contributed by atoms with Gasteiger partial charge in [-0.15, -0.1) is 0 Å². The number of aromatic nitrogens is 1. The average Bonchev–Trinajstić information content (AvgIpc) is 3.33. The molecule has 0 radical (unpaired) electrons. The van der Waals surface area contributed by atoms with Gasteiger partial charge >= 0.3 is 0 Å². The van der Waals surface area contributed by atoms with Crippen molar-refractivity contribution in [2.24, 2.45) is 5.10 Å². The average molecular weight is 489 g/mol. The third kappa shape index (κ3) is 3.28. The first-order chi connectivity index (χ1) is 17.9. The highest BCUT2D eigenvalue weighted by molar-refractivity contribution is 6.26. The summed E-state index contributed by atoms with van der Waals surface area (Å²) < 4.78 is 1.08. The summed E-state index contributed by atoms with van der Waals surface area (Å²) in [6.07, 6.45) is 2.90. The highest BCUT2D eigenvalue weighted by atomic mass is 16.3. The summed E-state index contributed by atoms with van der Waals surface area (Å²) in [6.45, 7) is 1.55. The Hall–Kier alpha value is -5.03. The first kappa shape index (κ1) is 22.4. The van der Waals surface area contributed by atoms with E-state index in [-0.39, 0.29) is 23.2 Å². The summed E-state index contributed by atoms with van der Waals surface area (Å²) in [6, 6.07) is 18.2. The summed E-state index contributed by atoms with van der Waals surface area (Å²) in [4.78, 5) is 39.6. The number of aromatic hydroxyl groups is 1. The topological polar surface area (TPSA) is 116 Å². The van der Waals surface area contributed by atoms with Crippen LogP contribution in [0.15, 0.2) is 64.5 Å². The van der Waals surface area contributed by atoms with Crippen molar-refractivity contribution in [1.82, 2.24) is 9.58 Å². The van der Waals surface area contributed by atoms with E-state index in [1.807, 2.05) is 24.3 Å². The number of benzene rings is 3. The van der Waals surface area contributed by atoms with Gasteiger partial charge in [0.1, 0.15) is 11.6 Å². The van der Waals surface area contributed by atoms with Crippen molar-refractivity contribution >= 4 is 28.8 Å². The largest absolute Gasteiger partial charge is 0.494 e. The SMILES string of the molecule is Cc1c(C=NN2C(=O)c3ccc4c5c(ccc(c35)C2=O)CC4)c(O)n(Cc2ccccc2)c(=O)c1C#N. The first-order valence-electron chi connectivity index (χ1n) is 11.8. The van der Waals surface area contributed by atoms with Gasteiger partial charge in [0.2, 0.25) is 5.88 Å². The maximum absolute atomic E-state index is 13.4. The number of carbonyl (C=O) groups is 2. The van der Waals surface area contributed by atoms with Crippen LogP contribution in [0.2, 0.25) is 0 Å². The number of carbonyl (C=O) groups excluding carboxylic acids is 2. The Labute approximate surface area is 211 Å². The molecule has 4 aromatic rings. The monoisotopic (exact) mass is 488 g/mol. The lowest BCUT2D eigenvalue weighted by Gasteiger charge is -2.24. The quantitative estimate of drug-likeness (QED) is 0.348. The molecule has 2 amide bonds. The summed E-state index contributed by atoms with van der Waals surface area (Å²) in [7, 11) is 0. The lowest BCUT2D eigenvalue weighted by atomic mass is 9.92. The van der Waals surface area contributed by atoms with Gasteiger partial charge in [0.15, 0.2) is 0 Å². The zero-order chi connectivity index (χ0) is 25.8. The van der Waals surface area contributed by atoms with Crippen molar-refractivity contribution < 1.29 is 14.7 Å². The summed E-state index contributed by atoms with van der Waals surface area (Å²) >= 11 is 0. The van der Waals surface area contributed by atoms with E-state index in [4.69, 9.17) is 0 Å². The molecule has 6 rings (SSSR count). The summed E-state index contributed by atoms with van der Waals surface area (Å²) in [5.41, 5.74) is 3.27. The second kappa shape index (κ2) is 8.28. The Balaban J connectivity index is 1.45. The van der Waals surface area contributed by atoms with E-state index < -0.39 is 23.3 Å². The van der Waals surface area contributed by atoms with E-state index in [2.05, 4.69) is 5.10 Å². The third-order valence-electron chi connectivity index (χ3n) is 7.17. The third-order valence-corrected chi connectivity index (χ3v) is 7.17. The van der Waals surface area contributed by atoms with Gasteiger partial charge in [-0.25, -0.2) is 0 Å². The fourth-order valence-corrected chi connectivity index (χ4v) is 5.26. The zero-order valence-electron chi connectivity index (χ0n) is 19.9. The number of hydrogen-bond donors (Lipinski definition) is 1. The molecule has 0 saturated heterocycles. The Bertz CT molecular complexity index is 1740. The number of pyridine rings is 1. The highest BCUT2D eigenvalue weighted by Gasteiger charge is 2.35. The van der Waals surface area contributed by atoms with Crippen LogP contribution >= 0.6 is 0 Å². The fraction of sp³-hybridized carbons (Fsp3) is 0.138. The standard InChI is InChI=1S/C29H20N4O4/c1-16-22(13-30)26(34)32(15-17-5-3-2-4-6-17)27(35)23(16)14-31-33-28(36)20-11-9-18-7-8-19-10-12-21(29(33)37)25(20)24(18)19/h2-6,9-12,14,35H,7-8,15H2,1H3. The van der Waals surface area contributed by atoms with Crippen molar-refractivity contribution in [2.45, 2.75) is 26.3 Å². The molecule has 8 nitrogen and oxygen atoms in total. The Morgan fingerprint density at radius 3 is 2.16 bits per heavy atom. The van der Waals surface area contributed by atoms with E-state index >= 15 is 0 Å². The maximum Gasteiger partial charge on any atom is 0.282 e. The molecule has 8 heteroatoms. The van der Waals surface area contributed by atoms with Crippen LogP contribution in [0.1, 0.15) is 54.1 Å². The van der Waals surface area contributed by atoms with Gasteiger partial charge in [0, 0.05) is 5.39 Å². The van der Waals surface area contributed by atoms with Crippen LogP contribution in [0.5, 0.6) is 5.88 Å². The number of hydrogen-bond acceptors (Lipinski definition) is 6. The van der Waals surface area contributed by atoms with Gasteiger partial charge in [0.05, 0.1) is 29.4 Å². The number of aryl methyl sites for hydroxylation is 2. The molecule has 0 unspecified atom stereocenters. The van der Waals surface area contributed by atoms with Gasteiger partial charge < -0.3 is 5.11 Å². The molecule has 0 spiro atoms. The van der Waals surface area contributed by atoms with Crippen LogP contribution in [0.4, 0.5) is 0 Å². The van der Waals surface area contributed by atoms with Gasteiger partial charge in [-0.2, -0.15) is 15.4 Å². The summed E-state index contributed by atoms with van der Waals surface area (Å²) in [5, 5.41) is 27.2. The maximum atomic E-state index is 13.4. The molecule has 1 N–H and O–H groups in total. The van der Waals surface area contributed by atoms with E-state index in [1.54, 1.807) is 36.4 Å². The molecule has 37 heavy (non-hydrogen) atoms. The van der Waals surface area contributed by atoms with Crippen molar-refractivity contribution in [1.29, 1.82) is 5.26 Å². The molecule has 1 aliphatic carbocycles. The molecule has 1 aromatic heterocycles. The molecule has 3 aromatic carbocycles. The van der Waals surface area contributed by atoms with Crippen molar-refractivity contribution in [3.8, 4) is 11.9 Å². The second-order valence-corrected chi connectivity index (χ2v) is 9.19. The molecular formula is C29H20N4O4. The molecule has 2 aliphatic rings. The van der Waals surface area contributed by atoms with E-state index in [0.717, 1.165) is 50.7 Å². The minimum atomic E-state index is -0.638. The lowest BCUT2D eigenvalue weighted by molar-refractivity contribution is 0.0616. The number of rotatable bonds is 4. The van der Waals surface area contributed by atoms with Gasteiger partial charge in [-0.1, -0.05) is 42.5 Å². The van der Waals surface area contributed by atoms with E-state index in [9.17, 15) is 24.8 Å². The Morgan fingerprint density at radius 2 is 1.57 bits per heavy atom. The van der Waals surface area contributed by atoms with E-state index in [1.165, 1.54) is 6.92 Å². The van der Waals surface area contributed by atoms with Crippen LogP contribution < -0.4 is 5.56 Å². The van der Waals surface area contributed by atoms with Gasteiger partial charge in [-0.05, 0) is 59.5 Å². The molecule has 0 bridgehead atoms. The number of nitrogens with zero attached hydrogens (tertiary/aromatic N) is 4. The molecule has 2 heterocycles. The molecule has 0 atom stereocenters. The normalized spacial score (nSPS) is 14.1. The number of nitriles is 1. The second-order valence-electron chi connectivity index (χ2n) is 9.19. The van der Waals surface area contributed by atoms with Crippen molar-refractivity contribution in [2.75, 3.05) is 0 Å². The zero-order valence-corrected chi connectivity index (χ0v) is 19.9. The summed E-state index contributed by atoms with van der Waals surface area (Å²) in [5.74, 6) is -1.55. The van der Waals surface area contributed by atoms with Crippen LogP contribution in [0.25, 0.3) is 10.8 Å². The fourth-order valence-electron chi connectivity index (χ4n) is 5.26. The molecule has 0 fully saturated rings.